The first-order valence-corrected chi connectivity index (χ1v) is 5.62. The Hall–Kier alpha value is -1.35. The molecule has 0 spiro atoms. The largest absolute Gasteiger partial charge is 0.324 e. The molecule has 0 saturated carbocycles. The standard InChI is InChI=1S/C13H19N3/c1-9(14)10-5-6-12-15-11(13(2,3)4)8-16(12)7-10/h5-9H,14H2,1-4H3. The summed E-state index contributed by atoms with van der Waals surface area (Å²) in [6, 6.07) is 4.12. The monoisotopic (exact) mass is 217 g/mol. The second-order valence-corrected chi connectivity index (χ2v) is 5.39. The smallest absolute Gasteiger partial charge is 0.137 e. The summed E-state index contributed by atoms with van der Waals surface area (Å²) in [7, 11) is 0. The molecule has 0 aliphatic heterocycles. The second kappa shape index (κ2) is 3.59. The molecule has 16 heavy (non-hydrogen) atoms. The van der Waals surface area contributed by atoms with Crippen LogP contribution in [0.2, 0.25) is 0 Å². The fraction of sp³-hybridized carbons (Fsp3) is 0.462. The van der Waals surface area contributed by atoms with Crippen LogP contribution < -0.4 is 5.73 Å². The summed E-state index contributed by atoms with van der Waals surface area (Å²) in [6.07, 6.45) is 4.14. The number of nitrogens with zero attached hydrogens (tertiary/aromatic N) is 2. The highest BCUT2D eigenvalue weighted by Gasteiger charge is 2.17. The highest BCUT2D eigenvalue weighted by atomic mass is 15.0. The SMILES string of the molecule is CC(N)c1ccc2nc(C(C)(C)C)cn2c1. The Balaban J connectivity index is 2.54. The number of rotatable bonds is 1. The molecular weight excluding hydrogens is 198 g/mol. The molecule has 0 aliphatic rings. The average Bonchev–Trinajstić information content (AvgIpc) is 2.58. The molecule has 2 rings (SSSR count). The Bertz CT molecular complexity index is 503. The maximum atomic E-state index is 5.86. The van der Waals surface area contributed by atoms with Crippen LogP contribution in [0.25, 0.3) is 5.65 Å². The molecule has 0 fully saturated rings. The van der Waals surface area contributed by atoms with Gasteiger partial charge in [0.15, 0.2) is 0 Å². The number of hydrogen-bond donors (Lipinski definition) is 1. The zero-order chi connectivity index (χ0) is 11.9. The highest BCUT2D eigenvalue weighted by Crippen LogP contribution is 2.22. The minimum atomic E-state index is 0.0601. The van der Waals surface area contributed by atoms with Crippen LogP contribution >= 0.6 is 0 Å². The zero-order valence-corrected chi connectivity index (χ0v) is 10.4. The fourth-order valence-electron chi connectivity index (χ4n) is 1.64. The molecule has 2 heterocycles. The molecular formula is C13H19N3. The van der Waals surface area contributed by atoms with E-state index < -0.39 is 0 Å². The minimum Gasteiger partial charge on any atom is -0.324 e. The molecule has 3 nitrogen and oxygen atoms in total. The molecule has 86 valence electrons. The van der Waals surface area contributed by atoms with Crippen molar-refractivity contribution in [3.63, 3.8) is 0 Å². The molecule has 2 aromatic heterocycles. The molecule has 3 heteroatoms. The molecule has 0 amide bonds. The van der Waals surface area contributed by atoms with E-state index in [1.165, 1.54) is 0 Å². The third-order valence-electron chi connectivity index (χ3n) is 2.77. The predicted molar refractivity (Wildman–Crippen MR) is 66.5 cm³/mol. The van der Waals surface area contributed by atoms with Crippen molar-refractivity contribution in [3.05, 3.63) is 35.8 Å². The van der Waals surface area contributed by atoms with Crippen molar-refractivity contribution in [3.8, 4) is 0 Å². The molecule has 1 unspecified atom stereocenters. The summed E-state index contributed by atoms with van der Waals surface area (Å²) in [5.74, 6) is 0. The summed E-state index contributed by atoms with van der Waals surface area (Å²) >= 11 is 0. The predicted octanol–water partition coefficient (Wildman–Crippen LogP) is 2.65. The summed E-state index contributed by atoms with van der Waals surface area (Å²) in [5.41, 5.74) is 9.16. The molecule has 0 aliphatic carbocycles. The second-order valence-electron chi connectivity index (χ2n) is 5.39. The number of pyridine rings is 1. The number of hydrogen-bond acceptors (Lipinski definition) is 2. The third kappa shape index (κ3) is 1.95. The van der Waals surface area contributed by atoms with Gasteiger partial charge in [0.05, 0.1) is 5.69 Å². The van der Waals surface area contributed by atoms with Crippen molar-refractivity contribution in [1.82, 2.24) is 9.38 Å². The van der Waals surface area contributed by atoms with E-state index in [-0.39, 0.29) is 11.5 Å². The summed E-state index contributed by atoms with van der Waals surface area (Å²) in [5, 5.41) is 0. The number of nitrogens with two attached hydrogens (primary N) is 1. The van der Waals surface area contributed by atoms with Crippen LogP contribution in [-0.2, 0) is 5.41 Å². The van der Waals surface area contributed by atoms with Crippen molar-refractivity contribution in [2.45, 2.75) is 39.2 Å². The van der Waals surface area contributed by atoms with Crippen LogP contribution in [0.15, 0.2) is 24.5 Å². The van der Waals surface area contributed by atoms with Crippen LogP contribution in [0.3, 0.4) is 0 Å². The van der Waals surface area contributed by atoms with Crippen LogP contribution in [-0.4, -0.2) is 9.38 Å². The normalized spacial score (nSPS) is 14.3. The maximum Gasteiger partial charge on any atom is 0.137 e. The quantitative estimate of drug-likeness (QED) is 0.798. The van der Waals surface area contributed by atoms with Gasteiger partial charge in [0.25, 0.3) is 0 Å². The Morgan fingerprint density at radius 1 is 1.25 bits per heavy atom. The molecule has 0 bridgehead atoms. The highest BCUT2D eigenvalue weighted by molar-refractivity contribution is 5.43. The summed E-state index contributed by atoms with van der Waals surface area (Å²) in [6.45, 7) is 8.49. The third-order valence-corrected chi connectivity index (χ3v) is 2.77. The minimum absolute atomic E-state index is 0.0601. The van der Waals surface area contributed by atoms with Crippen molar-refractivity contribution in [1.29, 1.82) is 0 Å². The number of aromatic nitrogens is 2. The van der Waals surface area contributed by atoms with Crippen molar-refractivity contribution in [2.24, 2.45) is 5.73 Å². The van der Waals surface area contributed by atoms with Gasteiger partial charge in [-0.05, 0) is 18.6 Å². The van der Waals surface area contributed by atoms with Crippen LogP contribution in [0, 0.1) is 0 Å². The van der Waals surface area contributed by atoms with Crippen molar-refractivity contribution < 1.29 is 0 Å². The lowest BCUT2D eigenvalue weighted by Crippen LogP contribution is -2.11. The molecule has 2 aromatic rings. The van der Waals surface area contributed by atoms with E-state index in [4.69, 9.17) is 5.73 Å². The van der Waals surface area contributed by atoms with Gasteiger partial charge < -0.3 is 10.1 Å². The fourth-order valence-corrected chi connectivity index (χ4v) is 1.64. The Kier molecular flexibility index (Phi) is 2.50. The molecule has 0 aromatic carbocycles. The van der Waals surface area contributed by atoms with E-state index in [1.807, 2.05) is 19.1 Å². The zero-order valence-electron chi connectivity index (χ0n) is 10.4. The van der Waals surface area contributed by atoms with Gasteiger partial charge in [-0.3, -0.25) is 0 Å². The van der Waals surface area contributed by atoms with Gasteiger partial charge in [-0.1, -0.05) is 26.8 Å². The summed E-state index contributed by atoms with van der Waals surface area (Å²) < 4.78 is 2.05. The molecule has 1 atom stereocenters. The lowest BCUT2D eigenvalue weighted by atomic mass is 9.93. The Morgan fingerprint density at radius 3 is 2.50 bits per heavy atom. The van der Waals surface area contributed by atoms with Gasteiger partial charge in [-0.2, -0.15) is 0 Å². The van der Waals surface area contributed by atoms with Gasteiger partial charge in [0, 0.05) is 23.9 Å². The Morgan fingerprint density at radius 2 is 1.94 bits per heavy atom. The topological polar surface area (TPSA) is 43.3 Å². The van der Waals surface area contributed by atoms with Crippen molar-refractivity contribution >= 4 is 5.65 Å². The van der Waals surface area contributed by atoms with E-state index in [9.17, 15) is 0 Å². The molecule has 2 N–H and O–H groups in total. The summed E-state index contributed by atoms with van der Waals surface area (Å²) in [4.78, 5) is 4.61. The number of fused-ring (bicyclic) bond motifs is 1. The van der Waals surface area contributed by atoms with E-state index in [0.717, 1.165) is 16.9 Å². The Labute approximate surface area is 96.3 Å². The van der Waals surface area contributed by atoms with Gasteiger partial charge in [-0.25, -0.2) is 4.98 Å². The van der Waals surface area contributed by atoms with E-state index >= 15 is 0 Å². The van der Waals surface area contributed by atoms with Crippen LogP contribution in [0.4, 0.5) is 0 Å². The van der Waals surface area contributed by atoms with Crippen LogP contribution in [0.5, 0.6) is 0 Å². The first-order valence-electron chi connectivity index (χ1n) is 5.62. The van der Waals surface area contributed by atoms with Crippen molar-refractivity contribution in [2.75, 3.05) is 0 Å². The lowest BCUT2D eigenvalue weighted by molar-refractivity contribution is 0.573. The van der Waals surface area contributed by atoms with E-state index in [2.05, 4.69) is 42.5 Å². The molecule has 0 radical (unpaired) electrons. The number of imidazole rings is 1. The first kappa shape index (κ1) is 11.1. The van der Waals surface area contributed by atoms with Gasteiger partial charge in [-0.15, -0.1) is 0 Å². The van der Waals surface area contributed by atoms with Gasteiger partial charge in [0.1, 0.15) is 5.65 Å². The van der Waals surface area contributed by atoms with Gasteiger partial charge in [0.2, 0.25) is 0 Å². The maximum absolute atomic E-state index is 5.86. The average molecular weight is 217 g/mol. The van der Waals surface area contributed by atoms with E-state index in [1.54, 1.807) is 0 Å². The lowest BCUT2D eigenvalue weighted by Gasteiger charge is -2.13. The van der Waals surface area contributed by atoms with Gasteiger partial charge >= 0.3 is 0 Å². The molecule has 0 saturated heterocycles. The van der Waals surface area contributed by atoms with E-state index in [0.29, 0.717) is 0 Å². The first-order chi connectivity index (χ1) is 7.38. The van der Waals surface area contributed by atoms with Crippen LogP contribution in [0.1, 0.15) is 45.0 Å².